The number of hydrogen-bond donors (Lipinski definition) is 1. The average Bonchev–Trinajstić information content (AvgIpc) is 2.87. The van der Waals surface area contributed by atoms with Gasteiger partial charge in [-0.25, -0.2) is 4.98 Å². The summed E-state index contributed by atoms with van der Waals surface area (Å²) in [6.07, 6.45) is 0. The third kappa shape index (κ3) is 1.76. The van der Waals surface area contributed by atoms with E-state index in [-0.39, 0.29) is 6.54 Å². The van der Waals surface area contributed by atoms with Crippen molar-refractivity contribution in [1.29, 1.82) is 0 Å². The lowest BCUT2D eigenvalue weighted by molar-refractivity contribution is 0.380. The minimum Gasteiger partial charge on any atom is -0.338 e. The molecule has 0 atom stereocenters. The van der Waals surface area contributed by atoms with E-state index in [2.05, 4.69) is 15.1 Å². The third-order valence-electron chi connectivity index (χ3n) is 2.47. The van der Waals surface area contributed by atoms with Crippen LogP contribution < -0.4 is 5.73 Å². The molecule has 0 aliphatic heterocycles. The van der Waals surface area contributed by atoms with E-state index < -0.39 is 0 Å². The fraction of sp³-hybridized carbons (Fsp3) is 0.0833. The van der Waals surface area contributed by atoms with Crippen LogP contribution in [0.3, 0.4) is 0 Å². The molecule has 3 aromatic rings. The first-order valence-electron chi connectivity index (χ1n) is 5.25. The Bertz CT molecular complexity index is 662. The van der Waals surface area contributed by atoms with Gasteiger partial charge in [0.05, 0.1) is 12.1 Å². The van der Waals surface area contributed by atoms with Crippen LogP contribution in [0.4, 0.5) is 0 Å². The lowest BCUT2D eigenvalue weighted by atomic mass is 10.2. The molecule has 0 radical (unpaired) electrons. The number of nitrogens with two attached hydrogens (primary N) is 1. The fourth-order valence-corrected chi connectivity index (χ4v) is 1.63. The Labute approximate surface area is 97.3 Å². The van der Waals surface area contributed by atoms with Crippen LogP contribution in [0.25, 0.3) is 22.4 Å². The average molecular weight is 226 g/mol. The Morgan fingerprint density at radius 2 is 1.94 bits per heavy atom. The van der Waals surface area contributed by atoms with E-state index in [0.29, 0.717) is 17.4 Å². The zero-order valence-corrected chi connectivity index (χ0v) is 9.00. The Kier molecular flexibility index (Phi) is 2.31. The van der Waals surface area contributed by atoms with Crippen LogP contribution in [0.1, 0.15) is 5.89 Å². The minimum atomic E-state index is 0.237. The van der Waals surface area contributed by atoms with Crippen LogP contribution in [0.2, 0.25) is 0 Å². The summed E-state index contributed by atoms with van der Waals surface area (Å²) in [4.78, 5) is 8.61. The highest BCUT2D eigenvalue weighted by atomic mass is 16.5. The van der Waals surface area contributed by atoms with Gasteiger partial charge < -0.3 is 10.3 Å². The first-order chi connectivity index (χ1) is 8.36. The van der Waals surface area contributed by atoms with Crippen molar-refractivity contribution in [3.05, 3.63) is 42.3 Å². The normalized spacial score (nSPS) is 10.9. The van der Waals surface area contributed by atoms with Crippen molar-refractivity contribution >= 4 is 10.9 Å². The second kappa shape index (κ2) is 3.95. The van der Waals surface area contributed by atoms with E-state index >= 15 is 0 Å². The van der Waals surface area contributed by atoms with E-state index in [1.165, 1.54) is 0 Å². The fourth-order valence-electron chi connectivity index (χ4n) is 1.63. The number of nitrogens with zero attached hydrogens (tertiary/aromatic N) is 3. The Morgan fingerprint density at radius 3 is 2.76 bits per heavy atom. The van der Waals surface area contributed by atoms with Gasteiger partial charge in [-0.05, 0) is 12.1 Å². The predicted molar refractivity (Wildman–Crippen MR) is 62.9 cm³/mol. The van der Waals surface area contributed by atoms with Crippen LogP contribution in [0.15, 0.2) is 40.9 Å². The summed E-state index contributed by atoms with van der Waals surface area (Å²) in [7, 11) is 0. The lowest BCUT2D eigenvalue weighted by Crippen LogP contribution is -1.95. The van der Waals surface area contributed by atoms with E-state index in [0.717, 1.165) is 10.9 Å². The Hall–Kier alpha value is -2.27. The maximum absolute atomic E-state index is 5.42. The van der Waals surface area contributed by atoms with Gasteiger partial charge in [0.2, 0.25) is 11.7 Å². The molecule has 0 unspecified atom stereocenters. The number of aromatic nitrogens is 3. The summed E-state index contributed by atoms with van der Waals surface area (Å²) in [5, 5.41) is 4.92. The number of benzene rings is 1. The number of rotatable bonds is 2. The van der Waals surface area contributed by atoms with Gasteiger partial charge >= 0.3 is 0 Å². The molecular formula is C12H10N4O. The molecule has 0 spiro atoms. The Balaban J connectivity index is 2.11. The first kappa shape index (κ1) is 9.92. The number of para-hydroxylation sites is 1. The van der Waals surface area contributed by atoms with Gasteiger partial charge in [0, 0.05) is 5.39 Å². The Morgan fingerprint density at radius 1 is 1.06 bits per heavy atom. The molecule has 0 amide bonds. The predicted octanol–water partition coefficient (Wildman–Crippen LogP) is 1.74. The molecule has 2 heterocycles. The molecule has 0 bridgehead atoms. The molecule has 5 heteroatoms. The highest BCUT2D eigenvalue weighted by Gasteiger charge is 2.08. The molecule has 2 N–H and O–H groups in total. The molecule has 3 rings (SSSR count). The second-order valence-corrected chi connectivity index (χ2v) is 3.61. The smallest absolute Gasteiger partial charge is 0.240 e. The van der Waals surface area contributed by atoms with E-state index in [1.54, 1.807) is 0 Å². The van der Waals surface area contributed by atoms with Gasteiger partial charge in [-0.2, -0.15) is 4.98 Å². The molecule has 1 aromatic carbocycles. The highest BCUT2D eigenvalue weighted by molar-refractivity contribution is 5.80. The molecule has 0 aliphatic carbocycles. The summed E-state index contributed by atoms with van der Waals surface area (Å²) in [5.74, 6) is 0.881. The molecule has 5 nitrogen and oxygen atoms in total. The molecule has 0 saturated carbocycles. The molecule has 0 saturated heterocycles. The van der Waals surface area contributed by atoms with Crippen LogP contribution in [-0.4, -0.2) is 15.1 Å². The van der Waals surface area contributed by atoms with Crippen molar-refractivity contribution in [3.63, 3.8) is 0 Å². The SMILES string of the molecule is NCc1nc(-c2ccc3ccccc3n2)no1. The largest absolute Gasteiger partial charge is 0.338 e. The summed E-state index contributed by atoms with van der Waals surface area (Å²) in [5.41, 5.74) is 7.01. The van der Waals surface area contributed by atoms with Gasteiger partial charge in [0.1, 0.15) is 5.69 Å². The van der Waals surface area contributed by atoms with Crippen LogP contribution >= 0.6 is 0 Å². The number of hydrogen-bond acceptors (Lipinski definition) is 5. The van der Waals surface area contributed by atoms with Crippen LogP contribution in [0, 0.1) is 0 Å². The maximum atomic E-state index is 5.42. The lowest BCUT2D eigenvalue weighted by Gasteiger charge is -1.98. The summed E-state index contributed by atoms with van der Waals surface area (Å²) < 4.78 is 4.95. The number of fused-ring (bicyclic) bond motifs is 1. The van der Waals surface area contributed by atoms with Gasteiger partial charge in [-0.1, -0.05) is 29.4 Å². The first-order valence-corrected chi connectivity index (χ1v) is 5.25. The summed E-state index contributed by atoms with van der Waals surface area (Å²) in [6, 6.07) is 11.7. The summed E-state index contributed by atoms with van der Waals surface area (Å²) >= 11 is 0. The second-order valence-electron chi connectivity index (χ2n) is 3.61. The quantitative estimate of drug-likeness (QED) is 0.720. The zero-order chi connectivity index (χ0) is 11.7. The topological polar surface area (TPSA) is 77.8 Å². The molecule has 0 fully saturated rings. The van der Waals surface area contributed by atoms with Crippen molar-refractivity contribution < 1.29 is 4.52 Å². The van der Waals surface area contributed by atoms with Crippen molar-refractivity contribution in [1.82, 2.24) is 15.1 Å². The standard InChI is InChI=1S/C12H10N4O/c13-7-11-15-12(16-17-11)10-6-5-8-3-1-2-4-9(8)14-10/h1-6H,7,13H2. The molecule has 84 valence electrons. The van der Waals surface area contributed by atoms with Crippen LogP contribution in [0.5, 0.6) is 0 Å². The van der Waals surface area contributed by atoms with Crippen LogP contribution in [-0.2, 0) is 6.54 Å². The monoisotopic (exact) mass is 226 g/mol. The number of pyridine rings is 1. The van der Waals surface area contributed by atoms with E-state index in [4.69, 9.17) is 10.3 Å². The van der Waals surface area contributed by atoms with Crippen molar-refractivity contribution in [2.75, 3.05) is 0 Å². The highest BCUT2D eigenvalue weighted by Crippen LogP contribution is 2.18. The third-order valence-corrected chi connectivity index (χ3v) is 2.47. The molecule has 0 aliphatic rings. The molecule has 2 aromatic heterocycles. The summed E-state index contributed by atoms with van der Waals surface area (Å²) in [6.45, 7) is 0.237. The van der Waals surface area contributed by atoms with Gasteiger partial charge in [-0.3, -0.25) is 0 Å². The molecule has 17 heavy (non-hydrogen) atoms. The zero-order valence-electron chi connectivity index (χ0n) is 9.00. The van der Waals surface area contributed by atoms with E-state index in [1.807, 2.05) is 36.4 Å². The van der Waals surface area contributed by atoms with Gasteiger partial charge in [0.15, 0.2) is 0 Å². The van der Waals surface area contributed by atoms with Crippen molar-refractivity contribution in [2.45, 2.75) is 6.54 Å². The van der Waals surface area contributed by atoms with Crippen molar-refractivity contribution in [2.24, 2.45) is 5.73 Å². The molecular weight excluding hydrogens is 216 g/mol. The maximum Gasteiger partial charge on any atom is 0.240 e. The van der Waals surface area contributed by atoms with Gasteiger partial charge in [0.25, 0.3) is 0 Å². The van der Waals surface area contributed by atoms with Crippen molar-refractivity contribution in [3.8, 4) is 11.5 Å². The van der Waals surface area contributed by atoms with E-state index in [9.17, 15) is 0 Å². The minimum absolute atomic E-state index is 0.237. The van der Waals surface area contributed by atoms with Gasteiger partial charge in [-0.15, -0.1) is 0 Å².